The predicted molar refractivity (Wildman–Crippen MR) is 101 cm³/mol. The molecule has 5 nitrogen and oxygen atoms in total. The number of aryl methyl sites for hydroxylation is 1. The summed E-state index contributed by atoms with van der Waals surface area (Å²) in [5.41, 5.74) is 1.81. The molecule has 0 aromatic heterocycles. The lowest BCUT2D eigenvalue weighted by molar-refractivity contribution is 0.464. The van der Waals surface area contributed by atoms with E-state index in [1.807, 2.05) is 0 Å². The largest absolute Gasteiger partial charge is 0.507 e. The van der Waals surface area contributed by atoms with E-state index in [9.17, 15) is 13.5 Å². The van der Waals surface area contributed by atoms with E-state index in [0.717, 1.165) is 0 Å². The standard InChI is InChI=1S/C17H18Cl2N2O3S/c1-10-8-13(19)9-14(17(10)22)16(11-2-4-12(18)5-3-11)15(20)6-7-25(21,23)24/h2-5,8-9,16,20,22H,6-7H2,1H3,(H2,21,23,24). The number of nitrogens with one attached hydrogen (secondary N) is 1. The second-order valence-electron chi connectivity index (χ2n) is 5.79. The lowest BCUT2D eigenvalue weighted by atomic mass is 9.85. The molecule has 2 aromatic rings. The Labute approximate surface area is 156 Å². The fraction of sp³-hybridized carbons (Fsp3) is 0.235. The molecule has 0 radical (unpaired) electrons. The van der Waals surface area contributed by atoms with E-state index in [1.54, 1.807) is 43.3 Å². The van der Waals surface area contributed by atoms with E-state index >= 15 is 0 Å². The van der Waals surface area contributed by atoms with Crippen molar-refractivity contribution in [3.63, 3.8) is 0 Å². The summed E-state index contributed by atoms with van der Waals surface area (Å²) in [6.45, 7) is 1.71. The summed E-state index contributed by atoms with van der Waals surface area (Å²) in [6, 6.07) is 10.0. The molecular weight excluding hydrogens is 383 g/mol. The van der Waals surface area contributed by atoms with Crippen molar-refractivity contribution in [2.75, 3.05) is 5.75 Å². The minimum absolute atomic E-state index is 0.0182. The van der Waals surface area contributed by atoms with Crippen molar-refractivity contribution in [1.29, 1.82) is 5.41 Å². The van der Waals surface area contributed by atoms with Crippen molar-refractivity contribution in [3.05, 3.63) is 63.1 Å². The minimum atomic E-state index is -3.70. The molecule has 0 bridgehead atoms. The maximum absolute atomic E-state index is 11.2. The Morgan fingerprint density at radius 3 is 2.36 bits per heavy atom. The van der Waals surface area contributed by atoms with Crippen LogP contribution in [-0.2, 0) is 10.0 Å². The van der Waals surface area contributed by atoms with Crippen molar-refractivity contribution in [1.82, 2.24) is 0 Å². The molecule has 0 amide bonds. The summed E-state index contributed by atoms with van der Waals surface area (Å²) in [5, 5.41) is 24.8. The van der Waals surface area contributed by atoms with Crippen molar-refractivity contribution in [2.24, 2.45) is 5.14 Å². The molecule has 1 atom stereocenters. The quantitative estimate of drug-likeness (QED) is 0.641. The van der Waals surface area contributed by atoms with E-state index < -0.39 is 15.9 Å². The lowest BCUT2D eigenvalue weighted by Crippen LogP contribution is -2.22. The van der Waals surface area contributed by atoms with Crippen LogP contribution in [-0.4, -0.2) is 25.0 Å². The Kier molecular flexibility index (Phi) is 6.11. The molecule has 2 rings (SSSR count). The van der Waals surface area contributed by atoms with Gasteiger partial charge in [-0.05, 0) is 42.3 Å². The molecule has 1 unspecified atom stereocenters. The molecule has 4 N–H and O–H groups in total. The Morgan fingerprint density at radius 2 is 1.80 bits per heavy atom. The molecule has 0 spiro atoms. The van der Waals surface area contributed by atoms with Crippen molar-refractivity contribution in [2.45, 2.75) is 19.3 Å². The van der Waals surface area contributed by atoms with Gasteiger partial charge in [0, 0.05) is 27.7 Å². The van der Waals surface area contributed by atoms with Crippen LogP contribution in [0.3, 0.4) is 0 Å². The van der Waals surface area contributed by atoms with Gasteiger partial charge in [0.2, 0.25) is 10.0 Å². The van der Waals surface area contributed by atoms with Crippen LogP contribution >= 0.6 is 23.2 Å². The van der Waals surface area contributed by atoms with Gasteiger partial charge < -0.3 is 10.5 Å². The second kappa shape index (κ2) is 7.74. The summed E-state index contributed by atoms with van der Waals surface area (Å²) in [7, 11) is -3.70. The molecule has 25 heavy (non-hydrogen) atoms. The summed E-state index contributed by atoms with van der Waals surface area (Å²) < 4.78 is 22.5. The summed E-state index contributed by atoms with van der Waals surface area (Å²) in [6.07, 6.45) is -0.0584. The van der Waals surface area contributed by atoms with Gasteiger partial charge in [0.05, 0.1) is 11.7 Å². The van der Waals surface area contributed by atoms with Gasteiger partial charge in [-0.15, -0.1) is 0 Å². The number of hydrogen-bond donors (Lipinski definition) is 3. The highest BCUT2D eigenvalue weighted by Crippen LogP contribution is 2.37. The predicted octanol–water partition coefficient (Wildman–Crippen LogP) is 3.84. The van der Waals surface area contributed by atoms with Crippen LogP contribution in [0.25, 0.3) is 0 Å². The number of halogens is 2. The molecule has 0 saturated carbocycles. The van der Waals surface area contributed by atoms with Gasteiger partial charge in [-0.25, -0.2) is 13.6 Å². The maximum Gasteiger partial charge on any atom is 0.209 e. The van der Waals surface area contributed by atoms with Gasteiger partial charge in [-0.2, -0.15) is 0 Å². The van der Waals surface area contributed by atoms with Gasteiger partial charge in [0.15, 0.2) is 0 Å². The first-order valence-electron chi connectivity index (χ1n) is 7.40. The first-order chi connectivity index (χ1) is 11.6. The molecule has 8 heteroatoms. The number of aromatic hydroxyl groups is 1. The molecule has 134 valence electrons. The van der Waals surface area contributed by atoms with Gasteiger partial charge in [-0.1, -0.05) is 35.3 Å². The molecule has 0 aliphatic heterocycles. The number of nitrogens with two attached hydrogens (primary N) is 1. The zero-order valence-electron chi connectivity index (χ0n) is 13.5. The van der Waals surface area contributed by atoms with Crippen LogP contribution in [0.4, 0.5) is 0 Å². The Morgan fingerprint density at radius 1 is 1.20 bits per heavy atom. The third kappa shape index (κ3) is 5.19. The summed E-state index contributed by atoms with van der Waals surface area (Å²) in [5.74, 6) is -0.989. The molecular formula is C17H18Cl2N2O3S. The van der Waals surface area contributed by atoms with Gasteiger partial charge in [0.25, 0.3) is 0 Å². The highest BCUT2D eigenvalue weighted by Gasteiger charge is 2.24. The smallest absolute Gasteiger partial charge is 0.209 e. The Bertz CT molecular complexity index is 897. The van der Waals surface area contributed by atoms with Gasteiger partial charge >= 0.3 is 0 Å². The van der Waals surface area contributed by atoms with Crippen molar-refractivity contribution < 1.29 is 13.5 Å². The van der Waals surface area contributed by atoms with Crippen LogP contribution in [0.5, 0.6) is 5.75 Å². The fourth-order valence-corrected chi connectivity index (χ4v) is 3.51. The first-order valence-corrected chi connectivity index (χ1v) is 9.88. The summed E-state index contributed by atoms with van der Waals surface area (Å²) in [4.78, 5) is 0. The van der Waals surface area contributed by atoms with Crippen LogP contribution < -0.4 is 5.14 Å². The van der Waals surface area contributed by atoms with E-state index in [0.29, 0.717) is 26.7 Å². The topological polar surface area (TPSA) is 104 Å². The maximum atomic E-state index is 11.2. The molecule has 2 aromatic carbocycles. The van der Waals surface area contributed by atoms with Crippen molar-refractivity contribution in [3.8, 4) is 5.75 Å². The number of benzene rings is 2. The highest BCUT2D eigenvalue weighted by molar-refractivity contribution is 7.89. The second-order valence-corrected chi connectivity index (χ2v) is 8.39. The van der Waals surface area contributed by atoms with E-state index in [-0.39, 0.29) is 23.6 Å². The number of phenols is 1. The van der Waals surface area contributed by atoms with Gasteiger partial charge in [-0.3, -0.25) is 0 Å². The number of hydrogen-bond acceptors (Lipinski definition) is 4. The molecule has 0 aliphatic rings. The van der Waals surface area contributed by atoms with E-state index in [4.69, 9.17) is 33.8 Å². The average Bonchev–Trinajstić information content (AvgIpc) is 2.51. The third-order valence-electron chi connectivity index (χ3n) is 3.81. The number of rotatable bonds is 6. The van der Waals surface area contributed by atoms with Crippen LogP contribution in [0.15, 0.2) is 36.4 Å². The SMILES string of the molecule is Cc1cc(Cl)cc(C(C(=N)CCS(N)(=O)=O)c2ccc(Cl)cc2)c1O. The Balaban J connectivity index is 2.53. The normalized spacial score (nSPS) is 12.8. The fourth-order valence-electron chi connectivity index (χ4n) is 2.60. The molecule has 0 saturated heterocycles. The minimum Gasteiger partial charge on any atom is -0.507 e. The average molecular weight is 401 g/mol. The van der Waals surface area contributed by atoms with Crippen LogP contribution in [0, 0.1) is 12.3 Å². The highest BCUT2D eigenvalue weighted by atomic mass is 35.5. The first kappa shape index (κ1) is 19.7. The van der Waals surface area contributed by atoms with E-state index in [2.05, 4.69) is 0 Å². The number of sulfonamides is 1. The monoisotopic (exact) mass is 400 g/mol. The van der Waals surface area contributed by atoms with Gasteiger partial charge in [0.1, 0.15) is 5.75 Å². The molecule has 0 fully saturated rings. The van der Waals surface area contributed by atoms with Crippen molar-refractivity contribution >= 4 is 38.9 Å². The molecule has 0 heterocycles. The third-order valence-corrected chi connectivity index (χ3v) is 5.06. The lowest BCUT2D eigenvalue weighted by Gasteiger charge is -2.21. The zero-order chi connectivity index (χ0) is 18.8. The summed E-state index contributed by atoms with van der Waals surface area (Å²) >= 11 is 12.0. The van der Waals surface area contributed by atoms with Crippen LogP contribution in [0.1, 0.15) is 29.0 Å². The number of phenolic OH excluding ortho intramolecular Hbond substituents is 1. The zero-order valence-corrected chi connectivity index (χ0v) is 15.8. The molecule has 0 aliphatic carbocycles. The Hall–Kier alpha value is -1.60. The number of primary sulfonamides is 1. The van der Waals surface area contributed by atoms with E-state index in [1.165, 1.54) is 0 Å². The van der Waals surface area contributed by atoms with Crippen LogP contribution in [0.2, 0.25) is 10.0 Å².